The van der Waals surface area contributed by atoms with E-state index in [0.717, 1.165) is 0 Å². The smallest absolute Gasteiger partial charge is 0.242 e. The molecule has 0 bridgehead atoms. The van der Waals surface area contributed by atoms with Crippen molar-refractivity contribution in [3.05, 3.63) is 0 Å². The van der Waals surface area contributed by atoms with Gasteiger partial charge in [0, 0.05) is 0 Å². The summed E-state index contributed by atoms with van der Waals surface area (Å²) in [5.74, 6) is -1.32. The average Bonchev–Trinajstić information content (AvgIpc) is 1.98. The predicted octanol–water partition coefficient (Wildman–Crippen LogP) is -2.28. The van der Waals surface area contributed by atoms with Gasteiger partial charge < -0.3 is 21.3 Å². The Bertz CT molecular complexity index is 193. The van der Waals surface area contributed by atoms with Crippen molar-refractivity contribution < 1.29 is 19.8 Å². The van der Waals surface area contributed by atoms with Gasteiger partial charge in [0.05, 0.1) is 19.1 Å². The molecule has 0 aliphatic heterocycles. The first-order valence-electron chi connectivity index (χ1n) is 3.85. The fraction of sp³-hybridized carbons (Fsp3) is 0.714. The second kappa shape index (κ2) is 5.50. The molecule has 13 heavy (non-hydrogen) atoms. The SMILES string of the molecule is C[C@@H](O)CC(=O)N[C@@H](CO)C(N)=O. The molecule has 0 aromatic heterocycles. The molecule has 76 valence electrons. The highest BCUT2D eigenvalue weighted by Crippen LogP contribution is 1.90. The number of primary amides is 1. The van der Waals surface area contributed by atoms with Crippen molar-refractivity contribution >= 4 is 11.8 Å². The van der Waals surface area contributed by atoms with Gasteiger partial charge in [-0.3, -0.25) is 9.59 Å². The fourth-order valence-corrected chi connectivity index (χ4v) is 0.728. The zero-order chi connectivity index (χ0) is 10.4. The highest BCUT2D eigenvalue weighted by atomic mass is 16.3. The largest absolute Gasteiger partial charge is 0.394 e. The van der Waals surface area contributed by atoms with Crippen LogP contribution >= 0.6 is 0 Å². The van der Waals surface area contributed by atoms with E-state index in [0.29, 0.717) is 0 Å². The Kier molecular flexibility index (Phi) is 5.01. The van der Waals surface area contributed by atoms with Gasteiger partial charge in [0.15, 0.2) is 0 Å². The second-order valence-corrected chi connectivity index (χ2v) is 2.76. The van der Waals surface area contributed by atoms with Crippen LogP contribution in [0.25, 0.3) is 0 Å². The van der Waals surface area contributed by atoms with E-state index >= 15 is 0 Å². The Labute approximate surface area is 75.7 Å². The number of rotatable bonds is 5. The van der Waals surface area contributed by atoms with Gasteiger partial charge in [-0.05, 0) is 6.92 Å². The summed E-state index contributed by atoms with van der Waals surface area (Å²) >= 11 is 0. The molecule has 0 radical (unpaired) electrons. The summed E-state index contributed by atoms with van der Waals surface area (Å²) in [6, 6.07) is -1.08. The van der Waals surface area contributed by atoms with E-state index in [4.69, 9.17) is 15.9 Å². The molecule has 2 amide bonds. The molecule has 0 heterocycles. The molecule has 0 rings (SSSR count). The normalized spacial score (nSPS) is 14.7. The van der Waals surface area contributed by atoms with Crippen LogP contribution in [0.1, 0.15) is 13.3 Å². The number of hydrogen-bond acceptors (Lipinski definition) is 4. The summed E-state index contributed by atoms with van der Waals surface area (Å²) in [7, 11) is 0. The molecule has 5 N–H and O–H groups in total. The molecule has 0 saturated heterocycles. The lowest BCUT2D eigenvalue weighted by Gasteiger charge is -2.12. The molecule has 6 heteroatoms. The highest BCUT2D eigenvalue weighted by molar-refractivity contribution is 5.86. The van der Waals surface area contributed by atoms with Crippen molar-refractivity contribution in [2.45, 2.75) is 25.5 Å². The van der Waals surface area contributed by atoms with Crippen LogP contribution in [0.4, 0.5) is 0 Å². The first kappa shape index (κ1) is 11.9. The molecule has 0 aliphatic carbocycles. The van der Waals surface area contributed by atoms with Crippen LogP contribution in [0.15, 0.2) is 0 Å². The number of hydrogen-bond donors (Lipinski definition) is 4. The molecule has 0 aliphatic rings. The number of nitrogens with two attached hydrogens (primary N) is 1. The van der Waals surface area contributed by atoms with Gasteiger partial charge in [0.1, 0.15) is 6.04 Å². The van der Waals surface area contributed by atoms with Gasteiger partial charge in [0.25, 0.3) is 0 Å². The minimum Gasteiger partial charge on any atom is -0.394 e. The number of aliphatic hydroxyl groups is 2. The molecule has 6 nitrogen and oxygen atoms in total. The summed E-state index contributed by atoms with van der Waals surface area (Å²) in [6.07, 6.45) is -0.906. The third kappa shape index (κ3) is 5.15. The van der Waals surface area contributed by atoms with Gasteiger partial charge >= 0.3 is 0 Å². The summed E-state index contributed by atoms with van der Waals surface area (Å²) in [6.45, 7) is 0.901. The van der Waals surface area contributed by atoms with Crippen LogP contribution in [0.2, 0.25) is 0 Å². The standard InChI is InChI=1S/C7H14N2O4/c1-4(11)2-6(12)9-5(3-10)7(8)13/h4-5,10-11H,2-3H2,1H3,(H2,8,13)(H,9,12)/t4-,5+/m1/s1. The van der Waals surface area contributed by atoms with E-state index in [9.17, 15) is 9.59 Å². The summed E-state index contributed by atoms with van der Waals surface area (Å²) in [4.78, 5) is 21.5. The van der Waals surface area contributed by atoms with Crippen LogP contribution in [0, 0.1) is 0 Å². The van der Waals surface area contributed by atoms with Crippen LogP contribution in [0.5, 0.6) is 0 Å². The van der Waals surface area contributed by atoms with Crippen molar-refractivity contribution in [2.75, 3.05) is 6.61 Å². The van der Waals surface area contributed by atoms with E-state index < -0.39 is 30.6 Å². The minimum atomic E-state index is -1.08. The Morgan fingerprint density at radius 2 is 2.08 bits per heavy atom. The van der Waals surface area contributed by atoms with Gasteiger partial charge in [-0.2, -0.15) is 0 Å². The maximum atomic E-state index is 10.9. The van der Waals surface area contributed by atoms with Crippen molar-refractivity contribution in [1.82, 2.24) is 5.32 Å². The van der Waals surface area contributed by atoms with E-state index in [1.807, 2.05) is 0 Å². The number of nitrogens with one attached hydrogen (secondary N) is 1. The van der Waals surface area contributed by atoms with Crippen molar-refractivity contribution in [1.29, 1.82) is 0 Å². The summed E-state index contributed by atoms with van der Waals surface area (Å²) in [5.41, 5.74) is 4.85. The molecule has 0 saturated carbocycles. The summed E-state index contributed by atoms with van der Waals surface area (Å²) < 4.78 is 0. The maximum Gasteiger partial charge on any atom is 0.242 e. The number of carbonyl (C=O) groups is 2. The third-order valence-electron chi connectivity index (χ3n) is 1.34. The Balaban J connectivity index is 3.94. The quantitative estimate of drug-likeness (QED) is 0.391. The number of amides is 2. The lowest BCUT2D eigenvalue weighted by Crippen LogP contribution is -2.47. The lowest BCUT2D eigenvalue weighted by atomic mass is 10.2. The number of aliphatic hydroxyl groups excluding tert-OH is 2. The van der Waals surface area contributed by atoms with E-state index in [2.05, 4.69) is 5.32 Å². The van der Waals surface area contributed by atoms with Gasteiger partial charge in [-0.1, -0.05) is 0 Å². The van der Waals surface area contributed by atoms with Gasteiger partial charge in [0.2, 0.25) is 11.8 Å². The maximum absolute atomic E-state index is 10.9. The minimum absolute atomic E-state index is 0.121. The van der Waals surface area contributed by atoms with Crippen LogP contribution in [-0.4, -0.2) is 40.8 Å². The lowest BCUT2D eigenvalue weighted by molar-refractivity contribution is -0.129. The van der Waals surface area contributed by atoms with Crippen LogP contribution in [-0.2, 0) is 9.59 Å². The Hall–Kier alpha value is -1.14. The topological polar surface area (TPSA) is 113 Å². The van der Waals surface area contributed by atoms with Crippen LogP contribution < -0.4 is 11.1 Å². The van der Waals surface area contributed by atoms with Crippen molar-refractivity contribution in [3.63, 3.8) is 0 Å². The average molecular weight is 190 g/mol. The first-order valence-corrected chi connectivity index (χ1v) is 3.85. The Morgan fingerprint density at radius 3 is 2.38 bits per heavy atom. The monoisotopic (exact) mass is 190 g/mol. The first-order chi connectivity index (χ1) is 5.97. The van der Waals surface area contributed by atoms with Gasteiger partial charge in [-0.15, -0.1) is 0 Å². The predicted molar refractivity (Wildman–Crippen MR) is 44.5 cm³/mol. The molecular weight excluding hydrogens is 176 g/mol. The van der Waals surface area contributed by atoms with Crippen LogP contribution in [0.3, 0.4) is 0 Å². The van der Waals surface area contributed by atoms with E-state index in [1.54, 1.807) is 0 Å². The molecule has 0 aromatic carbocycles. The zero-order valence-electron chi connectivity index (χ0n) is 7.36. The Morgan fingerprint density at radius 1 is 1.54 bits per heavy atom. The number of carbonyl (C=O) groups excluding carboxylic acids is 2. The second-order valence-electron chi connectivity index (χ2n) is 2.76. The fourth-order valence-electron chi connectivity index (χ4n) is 0.728. The van der Waals surface area contributed by atoms with E-state index in [-0.39, 0.29) is 6.42 Å². The zero-order valence-corrected chi connectivity index (χ0v) is 7.36. The third-order valence-corrected chi connectivity index (χ3v) is 1.34. The molecule has 0 aromatic rings. The van der Waals surface area contributed by atoms with E-state index in [1.165, 1.54) is 6.92 Å². The molecule has 0 fully saturated rings. The summed E-state index contributed by atoms with van der Waals surface area (Å²) in [5, 5.41) is 19.6. The molecule has 0 spiro atoms. The molecule has 0 unspecified atom stereocenters. The van der Waals surface area contributed by atoms with Crippen molar-refractivity contribution in [2.24, 2.45) is 5.73 Å². The highest BCUT2D eigenvalue weighted by Gasteiger charge is 2.17. The molecule has 2 atom stereocenters. The van der Waals surface area contributed by atoms with Gasteiger partial charge in [-0.25, -0.2) is 0 Å². The van der Waals surface area contributed by atoms with Crippen molar-refractivity contribution in [3.8, 4) is 0 Å². The molecular formula is C7H14N2O4.